The lowest BCUT2D eigenvalue weighted by molar-refractivity contribution is -0.115. The van der Waals surface area contributed by atoms with Crippen LogP contribution in [-0.4, -0.2) is 25.0 Å². The van der Waals surface area contributed by atoms with Crippen molar-refractivity contribution in [3.63, 3.8) is 0 Å². The van der Waals surface area contributed by atoms with E-state index in [1.54, 1.807) is 24.3 Å². The lowest BCUT2D eigenvalue weighted by Gasteiger charge is -2.14. The van der Waals surface area contributed by atoms with Gasteiger partial charge in [0, 0.05) is 16.8 Å². The van der Waals surface area contributed by atoms with Crippen molar-refractivity contribution in [3.8, 4) is 0 Å². The van der Waals surface area contributed by atoms with E-state index in [0.29, 0.717) is 22.9 Å². The van der Waals surface area contributed by atoms with Gasteiger partial charge in [0.15, 0.2) is 0 Å². The third-order valence-corrected chi connectivity index (χ3v) is 4.03. The normalized spacial score (nSPS) is 11.7. The van der Waals surface area contributed by atoms with E-state index in [1.165, 1.54) is 0 Å². The van der Waals surface area contributed by atoms with Gasteiger partial charge in [-0.25, -0.2) is 4.79 Å². The summed E-state index contributed by atoms with van der Waals surface area (Å²) in [5.41, 5.74) is 2.14. The van der Waals surface area contributed by atoms with Crippen molar-refractivity contribution in [2.24, 2.45) is 0 Å². The summed E-state index contributed by atoms with van der Waals surface area (Å²) in [5.74, 6) is -0.518. The van der Waals surface area contributed by atoms with Crippen LogP contribution in [-0.2, 0) is 9.53 Å². The second kappa shape index (κ2) is 9.94. The molecule has 0 unspecified atom stereocenters. The Hall–Kier alpha value is -2.37. The Kier molecular flexibility index (Phi) is 7.63. The van der Waals surface area contributed by atoms with Gasteiger partial charge in [-0.1, -0.05) is 30.7 Å². The quantitative estimate of drug-likeness (QED) is 0.679. The van der Waals surface area contributed by atoms with E-state index in [9.17, 15) is 9.59 Å². The van der Waals surface area contributed by atoms with Gasteiger partial charge in [-0.15, -0.1) is 0 Å². The first kappa shape index (κ1) is 19.9. The maximum atomic E-state index is 12.1. The van der Waals surface area contributed by atoms with Crippen LogP contribution < -0.4 is 10.6 Å². The van der Waals surface area contributed by atoms with Gasteiger partial charge in [0.05, 0.1) is 18.7 Å². The molecule has 2 aromatic carbocycles. The molecule has 26 heavy (non-hydrogen) atoms. The molecule has 2 N–H and O–H groups in total. The number of rotatable bonds is 8. The Labute approximate surface area is 158 Å². The van der Waals surface area contributed by atoms with E-state index in [2.05, 4.69) is 10.6 Å². The molecule has 0 radical (unpaired) electrons. The van der Waals surface area contributed by atoms with Crippen molar-refractivity contribution >= 4 is 29.2 Å². The summed E-state index contributed by atoms with van der Waals surface area (Å²) in [6, 6.07) is 14.2. The fourth-order valence-corrected chi connectivity index (χ4v) is 2.41. The lowest BCUT2D eigenvalue weighted by atomic mass is 10.1. The number of hydrogen-bond acceptors (Lipinski definition) is 4. The van der Waals surface area contributed by atoms with Crippen LogP contribution in [0, 0.1) is 0 Å². The molecule has 0 fully saturated rings. The summed E-state index contributed by atoms with van der Waals surface area (Å²) >= 11 is 5.88. The van der Waals surface area contributed by atoms with Crippen molar-refractivity contribution in [2.75, 3.05) is 18.5 Å². The van der Waals surface area contributed by atoms with Gasteiger partial charge in [-0.2, -0.15) is 0 Å². The number of anilines is 1. The van der Waals surface area contributed by atoms with Gasteiger partial charge in [0.25, 0.3) is 0 Å². The van der Waals surface area contributed by atoms with Gasteiger partial charge in [0.2, 0.25) is 5.91 Å². The number of carbonyl (C=O) groups is 2. The minimum atomic E-state index is -0.358. The van der Waals surface area contributed by atoms with Crippen LogP contribution in [0.25, 0.3) is 0 Å². The first-order valence-electron chi connectivity index (χ1n) is 8.55. The highest BCUT2D eigenvalue weighted by Crippen LogP contribution is 2.16. The van der Waals surface area contributed by atoms with Crippen molar-refractivity contribution < 1.29 is 14.3 Å². The third kappa shape index (κ3) is 6.17. The van der Waals surface area contributed by atoms with Crippen molar-refractivity contribution in [1.82, 2.24) is 5.32 Å². The second-order valence-corrected chi connectivity index (χ2v) is 6.35. The molecule has 0 spiro atoms. The molecule has 2 rings (SSSR count). The largest absolute Gasteiger partial charge is 0.462 e. The number of nitrogens with one attached hydrogen (secondary N) is 2. The van der Waals surface area contributed by atoms with Gasteiger partial charge in [0.1, 0.15) is 0 Å². The van der Waals surface area contributed by atoms with Crippen LogP contribution in [0.15, 0.2) is 48.5 Å². The Morgan fingerprint density at radius 1 is 1.08 bits per heavy atom. The van der Waals surface area contributed by atoms with Crippen LogP contribution in [0.4, 0.5) is 5.69 Å². The third-order valence-electron chi connectivity index (χ3n) is 3.78. The Morgan fingerprint density at radius 2 is 1.73 bits per heavy atom. The number of amides is 1. The summed E-state index contributed by atoms with van der Waals surface area (Å²) in [6.07, 6.45) is 0.779. The van der Waals surface area contributed by atoms with E-state index in [4.69, 9.17) is 16.3 Å². The zero-order chi connectivity index (χ0) is 18.9. The molecule has 0 saturated heterocycles. The second-order valence-electron chi connectivity index (χ2n) is 5.92. The van der Waals surface area contributed by atoms with E-state index >= 15 is 0 Å². The summed E-state index contributed by atoms with van der Waals surface area (Å²) in [7, 11) is 0. The number of ether oxygens (including phenoxy) is 1. The zero-order valence-corrected chi connectivity index (χ0v) is 15.7. The molecule has 138 valence electrons. The maximum absolute atomic E-state index is 12.1. The van der Waals surface area contributed by atoms with Crippen molar-refractivity contribution in [1.29, 1.82) is 0 Å². The summed E-state index contributed by atoms with van der Waals surface area (Å²) in [6.45, 7) is 4.49. The molecule has 1 atom stereocenters. The summed E-state index contributed by atoms with van der Waals surface area (Å²) < 4.78 is 5.07. The van der Waals surface area contributed by atoms with Crippen molar-refractivity contribution in [2.45, 2.75) is 26.3 Å². The highest BCUT2D eigenvalue weighted by molar-refractivity contribution is 6.30. The molecule has 0 heterocycles. The number of esters is 1. The zero-order valence-electron chi connectivity index (χ0n) is 14.9. The summed E-state index contributed by atoms with van der Waals surface area (Å²) in [4.78, 5) is 23.8. The van der Waals surface area contributed by atoms with Gasteiger partial charge in [-0.05, 0) is 55.3 Å². The van der Waals surface area contributed by atoms with E-state index < -0.39 is 0 Å². The monoisotopic (exact) mass is 374 g/mol. The highest BCUT2D eigenvalue weighted by atomic mass is 35.5. The predicted octanol–water partition coefficient (Wildman–Crippen LogP) is 4.20. The smallest absolute Gasteiger partial charge is 0.338 e. The molecule has 5 nitrogen and oxygen atoms in total. The molecule has 6 heteroatoms. The molecule has 0 saturated carbocycles. The number of carbonyl (C=O) groups excluding carboxylic acids is 2. The fraction of sp³-hybridized carbons (Fsp3) is 0.300. The lowest BCUT2D eigenvalue weighted by Crippen LogP contribution is -2.30. The Balaban J connectivity index is 1.82. The van der Waals surface area contributed by atoms with Crippen LogP contribution >= 0.6 is 11.6 Å². The molecule has 0 aromatic heterocycles. The molecule has 0 aliphatic carbocycles. The molecule has 0 aliphatic rings. The molecule has 1 amide bonds. The number of benzene rings is 2. The average Bonchev–Trinajstić information content (AvgIpc) is 2.65. The molecular weight excluding hydrogens is 352 g/mol. The van der Waals surface area contributed by atoms with E-state index in [-0.39, 0.29) is 24.5 Å². The fourth-order valence-electron chi connectivity index (χ4n) is 2.29. The molecular formula is C20H23ClN2O3. The molecule has 0 aliphatic heterocycles. The SMILES string of the molecule is CCCOC(=O)c1ccc(NC(=O)CN[C@H](C)c2ccc(Cl)cc2)cc1. The minimum Gasteiger partial charge on any atom is -0.462 e. The minimum absolute atomic E-state index is 0.0220. The Morgan fingerprint density at radius 3 is 2.35 bits per heavy atom. The first-order chi connectivity index (χ1) is 12.5. The van der Waals surface area contributed by atoms with Crippen LogP contribution in [0.2, 0.25) is 5.02 Å². The summed E-state index contributed by atoms with van der Waals surface area (Å²) in [5, 5.41) is 6.64. The molecule has 0 bridgehead atoms. The van der Waals surface area contributed by atoms with Crippen LogP contribution in [0.1, 0.15) is 42.2 Å². The van der Waals surface area contributed by atoms with Gasteiger partial charge in [-0.3, -0.25) is 4.79 Å². The first-order valence-corrected chi connectivity index (χ1v) is 8.93. The highest BCUT2D eigenvalue weighted by Gasteiger charge is 2.09. The number of halogens is 1. The average molecular weight is 375 g/mol. The van der Waals surface area contributed by atoms with Crippen LogP contribution in [0.3, 0.4) is 0 Å². The molecule has 2 aromatic rings. The predicted molar refractivity (Wildman–Crippen MR) is 104 cm³/mol. The maximum Gasteiger partial charge on any atom is 0.338 e. The van der Waals surface area contributed by atoms with E-state index in [1.807, 2.05) is 38.1 Å². The van der Waals surface area contributed by atoms with Crippen LogP contribution in [0.5, 0.6) is 0 Å². The Bertz CT molecular complexity index is 730. The number of hydrogen-bond donors (Lipinski definition) is 2. The standard InChI is InChI=1S/C20H23ClN2O3/c1-3-12-26-20(25)16-6-10-18(11-7-16)23-19(24)13-22-14(2)15-4-8-17(21)9-5-15/h4-11,14,22H,3,12-13H2,1-2H3,(H,23,24)/t14-/m1/s1. The van der Waals surface area contributed by atoms with Crippen molar-refractivity contribution in [3.05, 3.63) is 64.7 Å². The van der Waals surface area contributed by atoms with Gasteiger partial charge < -0.3 is 15.4 Å². The topological polar surface area (TPSA) is 67.4 Å². The van der Waals surface area contributed by atoms with E-state index in [0.717, 1.165) is 12.0 Å². The van der Waals surface area contributed by atoms with Gasteiger partial charge >= 0.3 is 5.97 Å².